The highest BCUT2D eigenvalue weighted by Gasteiger charge is 2.38. The van der Waals surface area contributed by atoms with E-state index in [4.69, 9.17) is 5.11 Å². The van der Waals surface area contributed by atoms with E-state index < -0.39 is 5.97 Å². The predicted molar refractivity (Wildman–Crippen MR) is 57.5 cm³/mol. The van der Waals surface area contributed by atoms with Crippen molar-refractivity contribution in [3.63, 3.8) is 0 Å². The molecule has 0 radical (unpaired) electrons. The minimum Gasteiger partial charge on any atom is -0.481 e. The molecule has 0 amide bonds. The fourth-order valence-corrected chi connectivity index (χ4v) is 2.51. The molecule has 0 aromatic heterocycles. The summed E-state index contributed by atoms with van der Waals surface area (Å²) in [6, 6.07) is 0. The average Bonchev–Trinajstić information content (AvgIpc) is 2.55. The van der Waals surface area contributed by atoms with Crippen molar-refractivity contribution in [2.75, 3.05) is 0 Å². The van der Waals surface area contributed by atoms with Crippen LogP contribution in [0.15, 0.2) is 0 Å². The minimum atomic E-state index is -0.767. The zero-order valence-corrected chi connectivity index (χ0v) is 9.53. The molecule has 0 heterocycles. The highest BCUT2D eigenvalue weighted by molar-refractivity contribution is 5.82. The van der Waals surface area contributed by atoms with Gasteiger partial charge in [0, 0.05) is 12.8 Å². The number of Topliss-reactive ketones (excluding diaryl/α,β-unsaturated/α-hetero) is 1. The fourth-order valence-electron chi connectivity index (χ4n) is 2.51. The van der Waals surface area contributed by atoms with Crippen LogP contribution in [0.3, 0.4) is 0 Å². The van der Waals surface area contributed by atoms with E-state index in [2.05, 4.69) is 6.92 Å². The van der Waals surface area contributed by atoms with Crippen LogP contribution in [-0.2, 0) is 9.59 Å². The molecule has 0 aliphatic heterocycles. The van der Waals surface area contributed by atoms with Crippen molar-refractivity contribution < 1.29 is 14.7 Å². The number of rotatable bonds is 5. The van der Waals surface area contributed by atoms with E-state index in [1.54, 1.807) is 6.92 Å². The summed E-state index contributed by atoms with van der Waals surface area (Å²) in [5.74, 6) is -0.520. The standard InChI is InChI=1S/C12H20O3/c1-3-4-5-9-6-10(13)7-11(9)8(2)12(14)15/h8-9,11H,3-7H2,1-2H3,(H,14,15). The Morgan fingerprint density at radius 1 is 1.53 bits per heavy atom. The summed E-state index contributed by atoms with van der Waals surface area (Å²) in [5, 5.41) is 8.96. The van der Waals surface area contributed by atoms with Gasteiger partial charge in [0.25, 0.3) is 0 Å². The van der Waals surface area contributed by atoms with Crippen molar-refractivity contribution in [3.8, 4) is 0 Å². The first-order chi connectivity index (χ1) is 7.06. The Labute approximate surface area is 90.9 Å². The summed E-state index contributed by atoms with van der Waals surface area (Å²) in [5.41, 5.74) is 0. The van der Waals surface area contributed by atoms with Crippen molar-refractivity contribution in [1.29, 1.82) is 0 Å². The third-order valence-corrected chi connectivity index (χ3v) is 3.52. The normalized spacial score (nSPS) is 28.0. The maximum Gasteiger partial charge on any atom is 0.306 e. The zero-order chi connectivity index (χ0) is 11.4. The van der Waals surface area contributed by atoms with Gasteiger partial charge >= 0.3 is 5.97 Å². The zero-order valence-electron chi connectivity index (χ0n) is 9.53. The Hall–Kier alpha value is -0.860. The van der Waals surface area contributed by atoms with Gasteiger partial charge in [-0.25, -0.2) is 0 Å². The number of hydrogen-bond acceptors (Lipinski definition) is 2. The number of hydrogen-bond donors (Lipinski definition) is 1. The number of carboxylic acids is 1. The Morgan fingerprint density at radius 2 is 2.20 bits per heavy atom. The maximum absolute atomic E-state index is 11.4. The van der Waals surface area contributed by atoms with Gasteiger partial charge in [-0.2, -0.15) is 0 Å². The Morgan fingerprint density at radius 3 is 2.73 bits per heavy atom. The summed E-state index contributed by atoms with van der Waals surface area (Å²) >= 11 is 0. The summed E-state index contributed by atoms with van der Waals surface area (Å²) in [4.78, 5) is 22.3. The van der Waals surface area contributed by atoms with E-state index in [1.165, 1.54) is 0 Å². The van der Waals surface area contributed by atoms with Crippen LogP contribution in [0.1, 0.15) is 46.0 Å². The van der Waals surface area contributed by atoms with E-state index in [9.17, 15) is 9.59 Å². The molecule has 1 saturated carbocycles. The van der Waals surface area contributed by atoms with E-state index >= 15 is 0 Å². The first kappa shape index (κ1) is 12.2. The second-order valence-corrected chi connectivity index (χ2v) is 4.64. The van der Waals surface area contributed by atoms with Crippen LogP contribution in [0.5, 0.6) is 0 Å². The third kappa shape index (κ3) is 3.05. The molecule has 15 heavy (non-hydrogen) atoms. The van der Waals surface area contributed by atoms with Gasteiger partial charge in [-0.05, 0) is 18.3 Å². The van der Waals surface area contributed by atoms with Gasteiger partial charge in [-0.15, -0.1) is 0 Å². The number of carbonyl (C=O) groups excluding carboxylic acids is 1. The molecule has 0 spiro atoms. The fraction of sp³-hybridized carbons (Fsp3) is 0.833. The van der Waals surface area contributed by atoms with E-state index in [-0.39, 0.29) is 17.6 Å². The van der Waals surface area contributed by atoms with E-state index in [0.29, 0.717) is 18.8 Å². The average molecular weight is 212 g/mol. The number of unbranched alkanes of at least 4 members (excludes halogenated alkanes) is 1. The van der Waals surface area contributed by atoms with Crippen LogP contribution >= 0.6 is 0 Å². The van der Waals surface area contributed by atoms with Crippen molar-refractivity contribution in [3.05, 3.63) is 0 Å². The first-order valence-corrected chi connectivity index (χ1v) is 5.80. The topological polar surface area (TPSA) is 54.4 Å². The van der Waals surface area contributed by atoms with E-state index in [1.807, 2.05) is 0 Å². The summed E-state index contributed by atoms with van der Waals surface area (Å²) in [6.45, 7) is 3.84. The SMILES string of the molecule is CCCCC1CC(=O)CC1C(C)C(=O)O. The van der Waals surface area contributed by atoms with Crippen molar-refractivity contribution in [2.24, 2.45) is 17.8 Å². The molecule has 1 fully saturated rings. The lowest BCUT2D eigenvalue weighted by Gasteiger charge is -2.21. The van der Waals surface area contributed by atoms with Crippen LogP contribution in [0.2, 0.25) is 0 Å². The van der Waals surface area contributed by atoms with Crippen LogP contribution < -0.4 is 0 Å². The molecule has 0 aromatic rings. The second-order valence-electron chi connectivity index (χ2n) is 4.64. The van der Waals surface area contributed by atoms with Gasteiger partial charge < -0.3 is 5.11 Å². The third-order valence-electron chi connectivity index (χ3n) is 3.52. The highest BCUT2D eigenvalue weighted by Crippen LogP contribution is 2.38. The molecule has 1 N–H and O–H groups in total. The summed E-state index contributed by atoms with van der Waals surface area (Å²) in [7, 11) is 0. The molecule has 1 aliphatic rings. The Balaban J connectivity index is 2.59. The molecule has 3 heteroatoms. The van der Waals surface area contributed by atoms with Gasteiger partial charge in [0.2, 0.25) is 0 Å². The molecule has 1 rings (SSSR count). The van der Waals surface area contributed by atoms with E-state index in [0.717, 1.165) is 19.3 Å². The predicted octanol–water partition coefficient (Wildman–Crippen LogP) is 2.49. The molecular weight excluding hydrogens is 192 g/mol. The molecule has 3 unspecified atom stereocenters. The van der Waals surface area contributed by atoms with Gasteiger partial charge in [0.15, 0.2) is 0 Å². The van der Waals surface area contributed by atoms with Crippen LogP contribution in [-0.4, -0.2) is 16.9 Å². The highest BCUT2D eigenvalue weighted by atomic mass is 16.4. The lowest BCUT2D eigenvalue weighted by molar-refractivity contribution is -0.143. The first-order valence-electron chi connectivity index (χ1n) is 5.80. The number of ketones is 1. The molecule has 0 bridgehead atoms. The van der Waals surface area contributed by atoms with Gasteiger partial charge in [0.05, 0.1) is 5.92 Å². The molecular formula is C12H20O3. The largest absolute Gasteiger partial charge is 0.481 e. The van der Waals surface area contributed by atoms with Gasteiger partial charge in [-0.3, -0.25) is 9.59 Å². The molecule has 0 aromatic carbocycles. The van der Waals surface area contributed by atoms with Crippen molar-refractivity contribution in [1.82, 2.24) is 0 Å². The van der Waals surface area contributed by atoms with Crippen LogP contribution in [0, 0.1) is 17.8 Å². The molecule has 0 saturated heterocycles. The van der Waals surface area contributed by atoms with Gasteiger partial charge in [0.1, 0.15) is 5.78 Å². The lowest BCUT2D eigenvalue weighted by atomic mass is 9.82. The van der Waals surface area contributed by atoms with Crippen LogP contribution in [0.4, 0.5) is 0 Å². The van der Waals surface area contributed by atoms with Crippen molar-refractivity contribution >= 4 is 11.8 Å². The van der Waals surface area contributed by atoms with Crippen molar-refractivity contribution in [2.45, 2.75) is 46.0 Å². The quantitative estimate of drug-likeness (QED) is 0.761. The molecule has 1 aliphatic carbocycles. The second kappa shape index (κ2) is 5.29. The lowest BCUT2D eigenvalue weighted by Crippen LogP contribution is -2.23. The number of aliphatic carboxylic acids is 1. The Bertz CT molecular complexity index is 247. The van der Waals surface area contributed by atoms with Gasteiger partial charge in [-0.1, -0.05) is 26.7 Å². The Kier molecular flexibility index (Phi) is 4.30. The molecule has 86 valence electrons. The number of carboxylic acid groups (broad SMARTS) is 1. The smallest absolute Gasteiger partial charge is 0.306 e. The molecule has 3 nitrogen and oxygen atoms in total. The van der Waals surface area contributed by atoms with Crippen LogP contribution in [0.25, 0.3) is 0 Å². The maximum atomic E-state index is 11.4. The minimum absolute atomic E-state index is 0.0709. The summed E-state index contributed by atoms with van der Waals surface area (Å²) in [6.07, 6.45) is 4.29. The molecule has 3 atom stereocenters. The number of carbonyl (C=O) groups is 2. The summed E-state index contributed by atoms with van der Waals surface area (Å²) < 4.78 is 0. The monoisotopic (exact) mass is 212 g/mol.